The fourth-order valence-electron chi connectivity index (χ4n) is 6.42. The molecule has 1 aliphatic heterocycles. The smallest absolute Gasteiger partial charge is 0.243 e. The summed E-state index contributed by atoms with van der Waals surface area (Å²) in [7, 11) is 0. The molecule has 0 fully saturated rings. The minimum atomic E-state index is -0.792. The van der Waals surface area contributed by atoms with Crippen LogP contribution in [0.25, 0.3) is 10.8 Å². The highest BCUT2D eigenvalue weighted by Gasteiger charge is 2.31. The van der Waals surface area contributed by atoms with Gasteiger partial charge in [0.05, 0.1) is 6.42 Å². The summed E-state index contributed by atoms with van der Waals surface area (Å²) in [4.78, 5) is 44.8. The van der Waals surface area contributed by atoms with Crippen LogP contribution in [0.5, 0.6) is 5.75 Å². The van der Waals surface area contributed by atoms with Gasteiger partial charge in [0.1, 0.15) is 18.4 Å². The van der Waals surface area contributed by atoms with Gasteiger partial charge in [-0.05, 0) is 71.7 Å². The Hall–Kier alpha value is -4.99. The molecule has 1 aliphatic rings. The van der Waals surface area contributed by atoms with E-state index in [2.05, 4.69) is 5.32 Å². The van der Waals surface area contributed by atoms with Crippen LogP contribution in [0.2, 0.25) is 0 Å². The molecule has 0 spiro atoms. The summed E-state index contributed by atoms with van der Waals surface area (Å²) in [5.74, 6) is 0.181. The van der Waals surface area contributed by atoms with Gasteiger partial charge in [-0.3, -0.25) is 14.4 Å². The van der Waals surface area contributed by atoms with E-state index in [-0.39, 0.29) is 56.9 Å². The van der Waals surface area contributed by atoms with Crippen LogP contribution < -0.4 is 10.1 Å². The minimum Gasteiger partial charge on any atom is -0.489 e. The Labute approximate surface area is 300 Å². The van der Waals surface area contributed by atoms with Gasteiger partial charge in [-0.2, -0.15) is 0 Å². The van der Waals surface area contributed by atoms with E-state index in [9.17, 15) is 24.6 Å². The number of aliphatic hydroxyl groups is 2. The predicted octanol–water partition coefficient (Wildman–Crippen LogP) is 5.22. The largest absolute Gasteiger partial charge is 0.489 e. The number of aryl methyl sites for hydroxylation is 1. The lowest BCUT2D eigenvalue weighted by Crippen LogP contribution is -2.54. The number of hydrogen-bond acceptors (Lipinski definition) is 6. The number of aliphatic hydroxyl groups excluding tert-OH is 2. The van der Waals surface area contributed by atoms with Crippen molar-refractivity contribution in [1.29, 1.82) is 0 Å². The highest BCUT2D eigenvalue weighted by atomic mass is 16.5. The molecule has 0 saturated carbocycles. The highest BCUT2D eigenvalue weighted by molar-refractivity contribution is 5.88. The molecule has 9 heteroatoms. The highest BCUT2D eigenvalue weighted by Crippen LogP contribution is 2.19. The lowest BCUT2D eigenvalue weighted by molar-refractivity contribution is -0.140. The maximum Gasteiger partial charge on any atom is 0.243 e. The predicted molar refractivity (Wildman–Crippen MR) is 199 cm³/mol. The first-order chi connectivity index (χ1) is 24.9. The summed E-state index contributed by atoms with van der Waals surface area (Å²) < 4.78 is 5.90. The molecule has 51 heavy (non-hydrogen) atoms. The molecule has 4 aromatic carbocycles. The van der Waals surface area contributed by atoms with E-state index in [0.29, 0.717) is 45.3 Å². The number of ether oxygens (including phenoxy) is 1. The number of fused-ring (bicyclic) bond motifs is 1. The van der Waals surface area contributed by atoms with Crippen molar-refractivity contribution in [1.82, 2.24) is 15.1 Å². The van der Waals surface area contributed by atoms with E-state index < -0.39 is 12.1 Å². The van der Waals surface area contributed by atoms with Crippen LogP contribution in [0.3, 0.4) is 0 Å². The third kappa shape index (κ3) is 11.3. The normalized spacial score (nSPS) is 17.4. The molecule has 3 N–H and O–H groups in total. The van der Waals surface area contributed by atoms with Gasteiger partial charge in [0.25, 0.3) is 0 Å². The van der Waals surface area contributed by atoms with Gasteiger partial charge in [0.15, 0.2) is 0 Å². The van der Waals surface area contributed by atoms with Crippen LogP contribution in [0.15, 0.2) is 109 Å². The topological polar surface area (TPSA) is 119 Å². The molecule has 0 unspecified atom stereocenters. The van der Waals surface area contributed by atoms with Crippen molar-refractivity contribution in [2.45, 2.75) is 63.6 Å². The first-order valence-corrected chi connectivity index (χ1v) is 17.9. The lowest BCUT2D eigenvalue weighted by atomic mass is 10.0. The fourth-order valence-corrected chi connectivity index (χ4v) is 6.42. The van der Waals surface area contributed by atoms with Crippen molar-refractivity contribution in [2.75, 3.05) is 32.8 Å². The molecule has 5 rings (SSSR count). The average molecular weight is 692 g/mol. The Morgan fingerprint density at radius 1 is 0.745 bits per heavy atom. The molecule has 4 aromatic rings. The van der Waals surface area contributed by atoms with Crippen molar-refractivity contribution >= 4 is 28.5 Å². The number of rotatable bonds is 14. The minimum absolute atomic E-state index is 0.0456. The maximum absolute atomic E-state index is 13.9. The van der Waals surface area contributed by atoms with E-state index in [1.54, 1.807) is 9.80 Å². The van der Waals surface area contributed by atoms with Gasteiger partial charge in [0.2, 0.25) is 17.7 Å². The molecule has 0 bridgehead atoms. The second-order valence-electron chi connectivity index (χ2n) is 13.0. The van der Waals surface area contributed by atoms with Crippen LogP contribution in [0.1, 0.15) is 48.8 Å². The third-order valence-electron chi connectivity index (χ3n) is 9.25. The fraction of sp³-hybridized carbons (Fsp3) is 0.357. The summed E-state index contributed by atoms with van der Waals surface area (Å²) >= 11 is 0. The van der Waals surface area contributed by atoms with Gasteiger partial charge < -0.3 is 30.1 Å². The van der Waals surface area contributed by atoms with Crippen LogP contribution in [-0.2, 0) is 33.8 Å². The van der Waals surface area contributed by atoms with Crippen LogP contribution in [-0.4, -0.2) is 82.7 Å². The molecular weight excluding hydrogens is 642 g/mol. The average Bonchev–Trinajstić information content (AvgIpc) is 3.18. The second-order valence-corrected chi connectivity index (χ2v) is 13.0. The molecular formula is C42H49N3O6. The summed E-state index contributed by atoms with van der Waals surface area (Å²) in [6.45, 7) is 1.10. The van der Waals surface area contributed by atoms with Crippen LogP contribution in [0.4, 0.5) is 0 Å². The number of nitrogens with one attached hydrogen (secondary N) is 1. The Balaban J connectivity index is 1.27. The quantitative estimate of drug-likeness (QED) is 0.156. The number of hydrogen-bond donors (Lipinski definition) is 3. The summed E-state index contributed by atoms with van der Waals surface area (Å²) in [5, 5.41) is 24.6. The van der Waals surface area contributed by atoms with Crippen molar-refractivity contribution < 1.29 is 29.3 Å². The molecule has 0 aliphatic carbocycles. The lowest BCUT2D eigenvalue weighted by Gasteiger charge is -2.32. The number of benzene rings is 4. The molecule has 1 heterocycles. The molecule has 2 atom stereocenters. The van der Waals surface area contributed by atoms with Gasteiger partial charge in [-0.15, -0.1) is 0 Å². The van der Waals surface area contributed by atoms with Crippen molar-refractivity contribution in [3.05, 3.63) is 126 Å². The third-order valence-corrected chi connectivity index (χ3v) is 9.25. The zero-order valence-corrected chi connectivity index (χ0v) is 29.2. The first kappa shape index (κ1) is 37.3. The number of carbonyl (C=O) groups is 3. The van der Waals surface area contributed by atoms with Gasteiger partial charge >= 0.3 is 0 Å². The zero-order chi connectivity index (χ0) is 35.8. The Bertz CT molecular complexity index is 1740. The maximum atomic E-state index is 13.9. The summed E-state index contributed by atoms with van der Waals surface area (Å²) in [6, 6.07) is 30.5. The molecule has 0 saturated heterocycles. The van der Waals surface area contributed by atoms with E-state index in [1.165, 1.54) is 0 Å². The van der Waals surface area contributed by atoms with Crippen LogP contribution >= 0.6 is 0 Å². The molecule has 0 aromatic heterocycles. The van der Waals surface area contributed by atoms with E-state index in [1.807, 2.05) is 109 Å². The Morgan fingerprint density at radius 3 is 2.20 bits per heavy atom. The van der Waals surface area contributed by atoms with Gasteiger partial charge in [-0.1, -0.05) is 97.1 Å². The van der Waals surface area contributed by atoms with Gasteiger partial charge in [0, 0.05) is 45.3 Å². The molecule has 9 nitrogen and oxygen atoms in total. The second kappa shape index (κ2) is 19.4. The van der Waals surface area contributed by atoms with E-state index >= 15 is 0 Å². The van der Waals surface area contributed by atoms with Gasteiger partial charge in [-0.25, -0.2) is 0 Å². The zero-order valence-electron chi connectivity index (χ0n) is 29.2. The number of nitrogens with zero attached hydrogens (tertiary/aromatic N) is 2. The van der Waals surface area contributed by atoms with Crippen molar-refractivity contribution in [3.63, 3.8) is 0 Å². The van der Waals surface area contributed by atoms with Crippen LogP contribution in [0, 0.1) is 0 Å². The number of amides is 3. The van der Waals surface area contributed by atoms with Crippen molar-refractivity contribution in [3.8, 4) is 5.75 Å². The molecule has 3 amide bonds. The number of carbonyl (C=O) groups excluding carboxylic acids is 3. The first-order valence-electron chi connectivity index (χ1n) is 17.9. The Kier molecular flexibility index (Phi) is 14.2. The Morgan fingerprint density at radius 2 is 1.43 bits per heavy atom. The molecule has 0 radical (unpaired) electrons. The summed E-state index contributed by atoms with van der Waals surface area (Å²) in [5.41, 5.74) is 2.96. The summed E-state index contributed by atoms with van der Waals surface area (Å²) in [6.07, 6.45) is 6.21. The standard InChI is InChI=1S/C42H49N3O6/c46-26-8-14-37-30-44(41(49)29-34-16-20-35-12-4-5-13-36(35)28-34)24-6-7-25-45(39(15-9-27-47)42(50)43-37)40(48)23-19-32-17-21-38(22-18-32)51-31-33-10-2-1-3-11-33/h1-7,10-13,16-18,20-22,28,37,39,46-47H,8-9,14-15,19,23-27,29-31H2,(H,43,50)/b7-6+/t37-,39+/m0/s1. The van der Waals surface area contributed by atoms with E-state index in [0.717, 1.165) is 33.2 Å². The van der Waals surface area contributed by atoms with E-state index in [4.69, 9.17) is 4.74 Å². The SMILES string of the molecule is O=C1N[C@@H](CCCO)CN(C(=O)Cc2ccc3ccccc3c2)C/C=C/CN(C(=O)CCc2ccc(OCc3ccccc3)cc2)[C@@H]1CCCO. The van der Waals surface area contributed by atoms with Crippen molar-refractivity contribution in [2.24, 2.45) is 0 Å². The molecule has 268 valence electrons. The monoisotopic (exact) mass is 691 g/mol.